The van der Waals surface area contributed by atoms with Gasteiger partial charge in [-0.1, -0.05) is 43.1 Å². The number of nitrogens with one attached hydrogen (secondary N) is 1. The molecule has 0 unspecified atom stereocenters. The molecule has 0 radical (unpaired) electrons. The predicted octanol–water partition coefficient (Wildman–Crippen LogP) is 5.18. The number of para-hydroxylation sites is 1. The molecule has 0 fully saturated rings. The van der Waals surface area contributed by atoms with Gasteiger partial charge in [-0.2, -0.15) is 0 Å². The topological polar surface area (TPSA) is 47.6 Å². The number of unbranched alkanes of at least 4 members (excludes halogenated alkanes) is 1. The SMILES string of the molecule is CCCCOc1ccccc1/C=C/C(=O)Nc1cc(Cl)ccc1OC. The fourth-order valence-electron chi connectivity index (χ4n) is 2.19. The Hall–Kier alpha value is -2.46. The Kier molecular flexibility index (Phi) is 7.36. The first kappa shape index (κ1) is 18.9. The van der Waals surface area contributed by atoms with Gasteiger partial charge in [0.1, 0.15) is 11.5 Å². The van der Waals surface area contributed by atoms with Gasteiger partial charge in [0, 0.05) is 16.7 Å². The molecule has 0 saturated heterocycles. The molecule has 0 aliphatic carbocycles. The molecular formula is C20H22ClNO3. The van der Waals surface area contributed by atoms with Gasteiger partial charge in [-0.15, -0.1) is 0 Å². The minimum atomic E-state index is -0.274. The third-order valence-electron chi connectivity index (χ3n) is 3.51. The Balaban J connectivity index is 2.07. The summed E-state index contributed by atoms with van der Waals surface area (Å²) < 4.78 is 11.0. The summed E-state index contributed by atoms with van der Waals surface area (Å²) in [6.45, 7) is 2.77. The molecule has 2 rings (SSSR count). The molecule has 1 N–H and O–H groups in total. The fraction of sp³-hybridized carbons (Fsp3) is 0.250. The monoisotopic (exact) mass is 359 g/mol. The van der Waals surface area contributed by atoms with Crippen LogP contribution in [0.15, 0.2) is 48.5 Å². The maximum absolute atomic E-state index is 12.2. The molecule has 4 nitrogen and oxygen atoms in total. The van der Waals surface area contributed by atoms with Gasteiger partial charge in [0.15, 0.2) is 0 Å². The number of halogens is 1. The number of hydrogen-bond donors (Lipinski definition) is 1. The molecule has 0 saturated carbocycles. The molecule has 0 spiro atoms. The minimum absolute atomic E-state index is 0.274. The second-order valence-electron chi connectivity index (χ2n) is 5.41. The van der Waals surface area contributed by atoms with E-state index in [0.717, 1.165) is 24.2 Å². The zero-order chi connectivity index (χ0) is 18.1. The quantitative estimate of drug-likeness (QED) is 0.522. The summed E-state index contributed by atoms with van der Waals surface area (Å²) >= 11 is 5.97. The molecule has 0 aliphatic rings. The van der Waals surface area contributed by atoms with Gasteiger partial charge in [-0.05, 0) is 36.8 Å². The van der Waals surface area contributed by atoms with Gasteiger partial charge in [-0.3, -0.25) is 4.79 Å². The highest BCUT2D eigenvalue weighted by Gasteiger charge is 2.07. The van der Waals surface area contributed by atoms with E-state index in [0.29, 0.717) is 23.1 Å². The molecular weight excluding hydrogens is 338 g/mol. The third-order valence-corrected chi connectivity index (χ3v) is 3.74. The molecule has 1 amide bonds. The van der Waals surface area contributed by atoms with E-state index in [-0.39, 0.29) is 5.91 Å². The van der Waals surface area contributed by atoms with E-state index in [1.807, 2.05) is 24.3 Å². The van der Waals surface area contributed by atoms with Crippen LogP contribution in [-0.2, 0) is 4.79 Å². The van der Waals surface area contributed by atoms with Crippen molar-refractivity contribution in [1.29, 1.82) is 0 Å². The number of rotatable bonds is 8. The van der Waals surface area contributed by atoms with Crippen molar-refractivity contribution in [2.24, 2.45) is 0 Å². The lowest BCUT2D eigenvalue weighted by Gasteiger charge is -2.10. The Morgan fingerprint density at radius 1 is 1.20 bits per heavy atom. The summed E-state index contributed by atoms with van der Waals surface area (Å²) in [6.07, 6.45) is 5.25. The van der Waals surface area contributed by atoms with Crippen molar-refractivity contribution < 1.29 is 14.3 Å². The van der Waals surface area contributed by atoms with E-state index in [1.54, 1.807) is 31.4 Å². The molecule has 132 valence electrons. The van der Waals surface area contributed by atoms with Crippen molar-refractivity contribution in [3.8, 4) is 11.5 Å². The van der Waals surface area contributed by atoms with Crippen LogP contribution in [0.5, 0.6) is 11.5 Å². The predicted molar refractivity (Wildman–Crippen MR) is 103 cm³/mol. The van der Waals surface area contributed by atoms with Crippen molar-refractivity contribution >= 4 is 29.3 Å². The zero-order valence-electron chi connectivity index (χ0n) is 14.4. The van der Waals surface area contributed by atoms with E-state index in [4.69, 9.17) is 21.1 Å². The second-order valence-corrected chi connectivity index (χ2v) is 5.84. The van der Waals surface area contributed by atoms with Crippen LogP contribution in [0.2, 0.25) is 5.02 Å². The van der Waals surface area contributed by atoms with Gasteiger partial charge in [-0.25, -0.2) is 0 Å². The number of carbonyl (C=O) groups excluding carboxylic acids is 1. The third kappa shape index (κ3) is 5.84. The average molecular weight is 360 g/mol. The first-order valence-electron chi connectivity index (χ1n) is 8.18. The van der Waals surface area contributed by atoms with Gasteiger partial charge in [0.05, 0.1) is 19.4 Å². The Morgan fingerprint density at radius 2 is 2.00 bits per heavy atom. The van der Waals surface area contributed by atoms with Crippen molar-refractivity contribution in [3.63, 3.8) is 0 Å². The molecule has 0 aliphatic heterocycles. The van der Waals surface area contributed by atoms with Crippen LogP contribution in [0.3, 0.4) is 0 Å². The van der Waals surface area contributed by atoms with Gasteiger partial charge < -0.3 is 14.8 Å². The van der Waals surface area contributed by atoms with E-state index in [2.05, 4.69) is 12.2 Å². The zero-order valence-corrected chi connectivity index (χ0v) is 15.2. The summed E-state index contributed by atoms with van der Waals surface area (Å²) in [5.41, 5.74) is 1.38. The molecule has 0 aromatic heterocycles. The molecule has 2 aromatic rings. The minimum Gasteiger partial charge on any atom is -0.495 e. The maximum Gasteiger partial charge on any atom is 0.248 e. The van der Waals surface area contributed by atoms with E-state index in [9.17, 15) is 4.79 Å². The van der Waals surface area contributed by atoms with Crippen molar-refractivity contribution in [2.45, 2.75) is 19.8 Å². The number of ether oxygens (including phenoxy) is 2. The van der Waals surface area contributed by atoms with Crippen molar-refractivity contribution in [1.82, 2.24) is 0 Å². The van der Waals surface area contributed by atoms with Crippen LogP contribution >= 0.6 is 11.6 Å². The normalized spacial score (nSPS) is 10.7. The number of carbonyl (C=O) groups is 1. The summed E-state index contributed by atoms with van der Waals surface area (Å²) in [6, 6.07) is 12.7. The highest BCUT2D eigenvalue weighted by atomic mass is 35.5. The van der Waals surface area contributed by atoms with Gasteiger partial charge in [0.25, 0.3) is 0 Å². The van der Waals surface area contributed by atoms with Crippen molar-refractivity contribution in [3.05, 3.63) is 59.1 Å². The Labute approximate surface area is 153 Å². The highest BCUT2D eigenvalue weighted by molar-refractivity contribution is 6.31. The number of hydrogen-bond acceptors (Lipinski definition) is 3. The molecule has 25 heavy (non-hydrogen) atoms. The smallest absolute Gasteiger partial charge is 0.248 e. The first-order valence-corrected chi connectivity index (χ1v) is 8.56. The lowest BCUT2D eigenvalue weighted by Crippen LogP contribution is -2.09. The van der Waals surface area contributed by atoms with Crippen LogP contribution in [0.1, 0.15) is 25.3 Å². The first-order chi connectivity index (χ1) is 12.1. The number of anilines is 1. The largest absolute Gasteiger partial charge is 0.495 e. The fourth-order valence-corrected chi connectivity index (χ4v) is 2.37. The van der Waals surface area contributed by atoms with Crippen LogP contribution in [-0.4, -0.2) is 19.6 Å². The van der Waals surface area contributed by atoms with Crippen LogP contribution in [0.25, 0.3) is 6.08 Å². The molecule has 5 heteroatoms. The lowest BCUT2D eigenvalue weighted by atomic mass is 10.2. The van der Waals surface area contributed by atoms with Crippen LogP contribution in [0, 0.1) is 0 Å². The Bertz CT molecular complexity index is 743. The van der Waals surface area contributed by atoms with Crippen LogP contribution < -0.4 is 14.8 Å². The number of methoxy groups -OCH3 is 1. The molecule has 2 aromatic carbocycles. The second kappa shape index (κ2) is 9.74. The van der Waals surface area contributed by atoms with Gasteiger partial charge in [0.2, 0.25) is 5.91 Å². The summed E-state index contributed by atoms with van der Waals surface area (Å²) in [7, 11) is 1.54. The van der Waals surface area contributed by atoms with Crippen LogP contribution in [0.4, 0.5) is 5.69 Å². The van der Waals surface area contributed by atoms with E-state index >= 15 is 0 Å². The Morgan fingerprint density at radius 3 is 2.76 bits per heavy atom. The molecule has 0 atom stereocenters. The molecule has 0 heterocycles. The average Bonchev–Trinajstić information content (AvgIpc) is 2.61. The maximum atomic E-state index is 12.2. The summed E-state index contributed by atoms with van der Waals surface area (Å²) in [5.74, 6) is 1.04. The molecule has 0 bridgehead atoms. The highest BCUT2D eigenvalue weighted by Crippen LogP contribution is 2.27. The summed E-state index contributed by atoms with van der Waals surface area (Å²) in [5, 5.41) is 3.29. The standard InChI is InChI=1S/C20H22ClNO3/c1-3-4-13-25-18-8-6-5-7-15(18)9-12-20(23)22-17-14-16(21)10-11-19(17)24-2/h5-12,14H,3-4,13H2,1-2H3,(H,22,23)/b12-9+. The lowest BCUT2D eigenvalue weighted by molar-refractivity contribution is -0.111. The number of benzene rings is 2. The number of amides is 1. The summed E-state index contributed by atoms with van der Waals surface area (Å²) in [4.78, 5) is 12.2. The van der Waals surface area contributed by atoms with E-state index in [1.165, 1.54) is 6.08 Å². The van der Waals surface area contributed by atoms with Crippen molar-refractivity contribution in [2.75, 3.05) is 19.0 Å². The van der Waals surface area contributed by atoms with E-state index < -0.39 is 0 Å². The van der Waals surface area contributed by atoms with Gasteiger partial charge >= 0.3 is 0 Å².